The Hall–Kier alpha value is -2.58. The zero-order chi connectivity index (χ0) is 18.1. The normalized spacial score (nSPS) is 15.5. The molecule has 0 aliphatic carbocycles. The SMILES string of the molecule is Cc1cc(C(=O)N2CCN(Cc3nc(N)c4ccccc4n3)CC2)ns1. The van der Waals surface area contributed by atoms with Gasteiger partial charge in [0.1, 0.15) is 17.3 Å². The van der Waals surface area contributed by atoms with Gasteiger partial charge in [-0.1, -0.05) is 12.1 Å². The molecule has 1 fully saturated rings. The Morgan fingerprint density at radius 3 is 2.69 bits per heavy atom. The standard InChI is InChI=1S/C18H20N6OS/c1-12-10-15(22-26-12)18(25)24-8-6-23(7-9-24)11-16-20-14-5-3-2-4-13(14)17(19)21-16/h2-5,10H,6-9,11H2,1H3,(H2,19,20,21). The number of aromatic nitrogens is 3. The smallest absolute Gasteiger partial charge is 0.273 e. The molecule has 1 aliphatic heterocycles. The number of para-hydroxylation sites is 1. The molecule has 0 saturated carbocycles. The fraction of sp³-hybridized carbons (Fsp3) is 0.333. The summed E-state index contributed by atoms with van der Waals surface area (Å²) in [6.07, 6.45) is 0. The number of hydrogen-bond donors (Lipinski definition) is 1. The number of nitrogen functional groups attached to an aromatic ring is 1. The minimum atomic E-state index is 0.0141. The Kier molecular flexibility index (Phi) is 4.52. The number of aryl methyl sites for hydroxylation is 1. The number of amides is 1. The summed E-state index contributed by atoms with van der Waals surface area (Å²) in [7, 11) is 0. The van der Waals surface area contributed by atoms with Gasteiger partial charge in [-0.25, -0.2) is 9.97 Å². The van der Waals surface area contributed by atoms with Crippen molar-refractivity contribution >= 4 is 34.2 Å². The van der Waals surface area contributed by atoms with Crippen molar-refractivity contribution in [3.8, 4) is 0 Å². The summed E-state index contributed by atoms with van der Waals surface area (Å²) in [5, 5.41) is 0.880. The molecule has 0 unspecified atom stereocenters. The Morgan fingerprint density at radius 2 is 1.96 bits per heavy atom. The summed E-state index contributed by atoms with van der Waals surface area (Å²) < 4.78 is 4.22. The number of benzene rings is 1. The number of rotatable bonds is 3. The van der Waals surface area contributed by atoms with E-state index in [0.29, 0.717) is 31.1 Å². The van der Waals surface area contributed by atoms with Crippen LogP contribution in [0.2, 0.25) is 0 Å². The number of anilines is 1. The molecule has 0 radical (unpaired) electrons. The molecule has 1 saturated heterocycles. The zero-order valence-corrected chi connectivity index (χ0v) is 15.4. The second-order valence-electron chi connectivity index (χ2n) is 6.43. The summed E-state index contributed by atoms with van der Waals surface area (Å²) in [5.41, 5.74) is 7.47. The first-order valence-corrected chi connectivity index (χ1v) is 9.33. The lowest BCUT2D eigenvalue weighted by molar-refractivity contribution is 0.0621. The van der Waals surface area contributed by atoms with Crippen LogP contribution < -0.4 is 5.73 Å². The first kappa shape index (κ1) is 16.9. The highest BCUT2D eigenvalue weighted by Crippen LogP contribution is 2.18. The lowest BCUT2D eigenvalue weighted by Crippen LogP contribution is -2.48. The summed E-state index contributed by atoms with van der Waals surface area (Å²) in [4.78, 5) is 26.7. The lowest BCUT2D eigenvalue weighted by atomic mass is 10.2. The van der Waals surface area contributed by atoms with E-state index in [1.54, 1.807) is 0 Å². The topological polar surface area (TPSA) is 88.2 Å². The monoisotopic (exact) mass is 368 g/mol. The predicted octanol–water partition coefficient (Wildman–Crippen LogP) is 1.93. The van der Waals surface area contributed by atoms with Crippen molar-refractivity contribution in [3.05, 3.63) is 46.7 Å². The highest BCUT2D eigenvalue weighted by molar-refractivity contribution is 7.05. The van der Waals surface area contributed by atoms with Crippen LogP contribution in [0.15, 0.2) is 30.3 Å². The molecular formula is C18H20N6OS. The molecule has 1 aromatic carbocycles. The molecule has 0 bridgehead atoms. The molecule has 4 rings (SSSR count). The van der Waals surface area contributed by atoms with Gasteiger partial charge in [0.15, 0.2) is 0 Å². The Labute approximate surface area is 155 Å². The number of nitrogens with two attached hydrogens (primary N) is 1. The average molecular weight is 368 g/mol. The molecule has 0 atom stereocenters. The van der Waals surface area contributed by atoms with E-state index in [-0.39, 0.29) is 5.91 Å². The fourth-order valence-electron chi connectivity index (χ4n) is 3.16. The van der Waals surface area contributed by atoms with Crippen LogP contribution in [-0.2, 0) is 6.54 Å². The highest BCUT2D eigenvalue weighted by Gasteiger charge is 2.24. The molecule has 8 heteroatoms. The largest absolute Gasteiger partial charge is 0.383 e. The predicted molar refractivity (Wildman–Crippen MR) is 102 cm³/mol. The number of fused-ring (bicyclic) bond motifs is 1. The Bertz CT molecular complexity index is 948. The maximum absolute atomic E-state index is 12.5. The molecule has 0 spiro atoms. The number of carbonyl (C=O) groups is 1. The van der Waals surface area contributed by atoms with E-state index in [4.69, 9.17) is 5.73 Å². The van der Waals surface area contributed by atoms with Gasteiger partial charge < -0.3 is 10.6 Å². The summed E-state index contributed by atoms with van der Waals surface area (Å²) in [6, 6.07) is 9.61. The molecule has 7 nitrogen and oxygen atoms in total. The molecule has 26 heavy (non-hydrogen) atoms. The van der Waals surface area contributed by atoms with Gasteiger partial charge in [-0.2, -0.15) is 4.37 Å². The lowest BCUT2D eigenvalue weighted by Gasteiger charge is -2.34. The molecule has 1 aliphatic rings. The van der Waals surface area contributed by atoms with Gasteiger partial charge in [-0.15, -0.1) is 0 Å². The Morgan fingerprint density at radius 1 is 1.19 bits per heavy atom. The number of carbonyl (C=O) groups excluding carboxylic acids is 1. The van der Waals surface area contributed by atoms with Crippen molar-refractivity contribution in [2.75, 3.05) is 31.9 Å². The van der Waals surface area contributed by atoms with Crippen LogP contribution >= 0.6 is 11.5 Å². The number of nitrogens with zero attached hydrogens (tertiary/aromatic N) is 5. The van der Waals surface area contributed by atoms with E-state index < -0.39 is 0 Å². The number of piperazine rings is 1. The molecule has 2 N–H and O–H groups in total. The van der Waals surface area contributed by atoms with Crippen molar-refractivity contribution in [1.82, 2.24) is 24.1 Å². The molecule has 134 valence electrons. The van der Waals surface area contributed by atoms with Crippen molar-refractivity contribution in [1.29, 1.82) is 0 Å². The summed E-state index contributed by atoms with van der Waals surface area (Å²) in [6.45, 7) is 5.52. The van der Waals surface area contributed by atoms with E-state index in [9.17, 15) is 4.79 Å². The minimum Gasteiger partial charge on any atom is -0.383 e. The molecule has 2 aromatic heterocycles. The summed E-state index contributed by atoms with van der Waals surface area (Å²) >= 11 is 1.36. The third-order valence-electron chi connectivity index (χ3n) is 4.55. The maximum Gasteiger partial charge on any atom is 0.273 e. The quantitative estimate of drug-likeness (QED) is 0.760. The Balaban J connectivity index is 1.40. The van der Waals surface area contributed by atoms with E-state index >= 15 is 0 Å². The first-order chi connectivity index (χ1) is 12.6. The van der Waals surface area contributed by atoms with Crippen molar-refractivity contribution in [3.63, 3.8) is 0 Å². The minimum absolute atomic E-state index is 0.0141. The average Bonchev–Trinajstić information content (AvgIpc) is 3.08. The third-order valence-corrected chi connectivity index (χ3v) is 5.24. The number of hydrogen-bond acceptors (Lipinski definition) is 7. The highest BCUT2D eigenvalue weighted by atomic mass is 32.1. The van der Waals surface area contributed by atoms with E-state index in [2.05, 4.69) is 19.2 Å². The van der Waals surface area contributed by atoms with Gasteiger partial charge in [0.25, 0.3) is 5.91 Å². The van der Waals surface area contributed by atoms with Gasteiger partial charge in [-0.3, -0.25) is 9.69 Å². The van der Waals surface area contributed by atoms with Crippen LogP contribution in [0, 0.1) is 6.92 Å². The molecule has 3 aromatic rings. The second-order valence-corrected chi connectivity index (χ2v) is 7.44. The van der Waals surface area contributed by atoms with Crippen LogP contribution in [0.1, 0.15) is 21.2 Å². The van der Waals surface area contributed by atoms with Gasteiger partial charge in [-0.05, 0) is 36.7 Å². The van der Waals surface area contributed by atoms with Gasteiger partial charge in [0.2, 0.25) is 0 Å². The maximum atomic E-state index is 12.5. The molecule has 1 amide bonds. The van der Waals surface area contributed by atoms with Crippen LogP contribution in [0.3, 0.4) is 0 Å². The van der Waals surface area contributed by atoms with Crippen LogP contribution in [0.5, 0.6) is 0 Å². The van der Waals surface area contributed by atoms with Crippen LogP contribution in [0.25, 0.3) is 10.9 Å². The van der Waals surface area contributed by atoms with E-state index in [1.807, 2.05) is 42.2 Å². The third kappa shape index (κ3) is 3.38. The van der Waals surface area contributed by atoms with Gasteiger partial charge in [0, 0.05) is 36.4 Å². The fourth-order valence-corrected chi connectivity index (χ4v) is 3.70. The summed E-state index contributed by atoms with van der Waals surface area (Å²) in [5.74, 6) is 1.25. The second kappa shape index (κ2) is 6.97. The van der Waals surface area contributed by atoms with Gasteiger partial charge >= 0.3 is 0 Å². The van der Waals surface area contributed by atoms with E-state index in [1.165, 1.54) is 11.5 Å². The zero-order valence-electron chi connectivity index (χ0n) is 14.6. The van der Waals surface area contributed by atoms with Crippen LogP contribution in [-0.4, -0.2) is 56.2 Å². The van der Waals surface area contributed by atoms with Gasteiger partial charge in [0.05, 0.1) is 12.1 Å². The van der Waals surface area contributed by atoms with Crippen molar-refractivity contribution in [2.24, 2.45) is 0 Å². The van der Waals surface area contributed by atoms with Crippen molar-refractivity contribution in [2.45, 2.75) is 13.5 Å². The first-order valence-electron chi connectivity index (χ1n) is 8.56. The van der Waals surface area contributed by atoms with Crippen molar-refractivity contribution < 1.29 is 4.79 Å². The molecular weight excluding hydrogens is 348 g/mol. The van der Waals surface area contributed by atoms with Crippen LogP contribution in [0.4, 0.5) is 5.82 Å². The molecule has 3 heterocycles. The van der Waals surface area contributed by atoms with E-state index in [0.717, 1.165) is 34.7 Å².